The van der Waals surface area contributed by atoms with Crippen molar-refractivity contribution in [3.63, 3.8) is 0 Å². The third-order valence-corrected chi connectivity index (χ3v) is 7.28. The number of morpholine rings is 1. The van der Waals surface area contributed by atoms with Gasteiger partial charge < -0.3 is 15.4 Å². The quantitative estimate of drug-likeness (QED) is 0.672. The van der Waals surface area contributed by atoms with Gasteiger partial charge in [-0.05, 0) is 44.4 Å². The molecule has 1 amide bonds. The molecule has 5 nitrogen and oxygen atoms in total. The number of nitrogens with one attached hydrogen (secondary N) is 2. The minimum absolute atomic E-state index is 0. The molecule has 164 valence electrons. The number of halogens is 2. The summed E-state index contributed by atoms with van der Waals surface area (Å²) in [6.07, 6.45) is 12.3. The molecule has 4 fully saturated rings. The lowest BCUT2D eigenvalue weighted by molar-refractivity contribution is -0.123. The molecule has 0 aromatic rings. The first-order chi connectivity index (χ1) is 12.7. The average Bonchev–Trinajstić information content (AvgIpc) is 3.00. The number of hydrogen-bond donors (Lipinski definition) is 2. The Hall–Kier alpha value is -0.0700. The Balaban J connectivity index is 0.00000140. The van der Waals surface area contributed by atoms with Crippen molar-refractivity contribution in [3.05, 3.63) is 0 Å². The summed E-state index contributed by atoms with van der Waals surface area (Å²) in [6.45, 7) is 5.83. The second-order valence-electron chi connectivity index (χ2n) is 9.41. The highest BCUT2D eigenvalue weighted by Crippen LogP contribution is 2.37. The summed E-state index contributed by atoms with van der Waals surface area (Å²) in [4.78, 5) is 15.2. The highest BCUT2D eigenvalue weighted by molar-refractivity contribution is 5.85. The molecule has 3 aliphatic heterocycles. The van der Waals surface area contributed by atoms with E-state index in [1.165, 1.54) is 57.8 Å². The number of hydrogen-bond acceptors (Lipinski definition) is 4. The van der Waals surface area contributed by atoms with Gasteiger partial charge in [0.1, 0.15) is 0 Å². The fourth-order valence-corrected chi connectivity index (χ4v) is 5.89. The van der Waals surface area contributed by atoms with Gasteiger partial charge in [0, 0.05) is 50.1 Å². The Bertz CT molecular complexity index is 470. The molecule has 4 aliphatic rings. The van der Waals surface area contributed by atoms with E-state index in [9.17, 15) is 4.79 Å². The van der Waals surface area contributed by atoms with Crippen molar-refractivity contribution >= 4 is 30.7 Å². The monoisotopic (exact) mass is 435 g/mol. The van der Waals surface area contributed by atoms with Crippen molar-refractivity contribution in [3.8, 4) is 0 Å². The Morgan fingerprint density at radius 1 is 1.04 bits per heavy atom. The van der Waals surface area contributed by atoms with Gasteiger partial charge >= 0.3 is 0 Å². The van der Waals surface area contributed by atoms with Crippen LogP contribution in [0.25, 0.3) is 0 Å². The van der Waals surface area contributed by atoms with E-state index in [0.29, 0.717) is 29.3 Å². The van der Waals surface area contributed by atoms with Crippen LogP contribution in [0, 0.1) is 11.3 Å². The van der Waals surface area contributed by atoms with Crippen LogP contribution < -0.4 is 10.6 Å². The molecule has 2 bridgehead atoms. The van der Waals surface area contributed by atoms with Gasteiger partial charge in [-0.15, -0.1) is 24.8 Å². The van der Waals surface area contributed by atoms with E-state index in [1.54, 1.807) is 0 Å². The van der Waals surface area contributed by atoms with E-state index >= 15 is 0 Å². The molecule has 0 spiro atoms. The number of fused-ring (bicyclic) bond motifs is 2. The second-order valence-corrected chi connectivity index (χ2v) is 9.41. The predicted molar refractivity (Wildman–Crippen MR) is 118 cm³/mol. The van der Waals surface area contributed by atoms with Crippen molar-refractivity contribution in [1.82, 2.24) is 15.5 Å². The van der Waals surface area contributed by atoms with Crippen LogP contribution in [0.4, 0.5) is 0 Å². The molecule has 2 N–H and O–H groups in total. The number of rotatable bonds is 6. The second kappa shape index (κ2) is 11.4. The van der Waals surface area contributed by atoms with Crippen molar-refractivity contribution in [2.75, 3.05) is 39.4 Å². The molecule has 3 saturated heterocycles. The molecule has 3 heterocycles. The zero-order chi connectivity index (χ0) is 17.8. The van der Waals surface area contributed by atoms with E-state index in [1.807, 2.05) is 0 Å². The summed E-state index contributed by atoms with van der Waals surface area (Å²) < 4.78 is 5.51. The zero-order valence-corrected chi connectivity index (χ0v) is 18.8. The molecule has 2 atom stereocenters. The summed E-state index contributed by atoms with van der Waals surface area (Å²) in [5, 5.41) is 7.04. The van der Waals surface area contributed by atoms with Crippen LogP contribution >= 0.6 is 24.8 Å². The fourth-order valence-electron chi connectivity index (χ4n) is 5.89. The third kappa shape index (κ3) is 6.46. The number of carbonyl (C=O) groups excluding carboxylic acids is 1. The first kappa shape index (κ1) is 24.2. The number of nitrogens with zero attached hydrogens (tertiary/aromatic N) is 1. The molecule has 1 aliphatic carbocycles. The van der Waals surface area contributed by atoms with Crippen LogP contribution in [0.15, 0.2) is 0 Å². The fraction of sp³-hybridized carbons (Fsp3) is 0.952. The minimum Gasteiger partial charge on any atom is -0.379 e. The van der Waals surface area contributed by atoms with Crippen molar-refractivity contribution in [2.24, 2.45) is 11.3 Å². The van der Waals surface area contributed by atoms with E-state index < -0.39 is 0 Å². The molecule has 7 heteroatoms. The molecular formula is C21H39Cl2N3O2. The topological polar surface area (TPSA) is 53.6 Å². The molecular weight excluding hydrogens is 397 g/mol. The average molecular weight is 436 g/mol. The van der Waals surface area contributed by atoms with Gasteiger partial charge in [0.05, 0.1) is 13.2 Å². The maximum Gasteiger partial charge on any atom is 0.220 e. The van der Waals surface area contributed by atoms with Gasteiger partial charge in [0.15, 0.2) is 0 Å². The predicted octanol–water partition coefficient (Wildman–Crippen LogP) is 3.15. The smallest absolute Gasteiger partial charge is 0.220 e. The molecule has 0 aromatic heterocycles. The van der Waals surface area contributed by atoms with Crippen LogP contribution in [0.3, 0.4) is 0 Å². The molecule has 4 rings (SSSR count). The summed E-state index contributed by atoms with van der Waals surface area (Å²) in [7, 11) is 0. The van der Waals surface area contributed by atoms with Crippen LogP contribution in [0.1, 0.15) is 64.2 Å². The first-order valence-corrected chi connectivity index (χ1v) is 11.0. The van der Waals surface area contributed by atoms with E-state index in [4.69, 9.17) is 4.74 Å². The Labute approximate surface area is 182 Å². The summed E-state index contributed by atoms with van der Waals surface area (Å²) in [5.74, 6) is 0.888. The summed E-state index contributed by atoms with van der Waals surface area (Å²) in [6, 6.07) is 1.36. The van der Waals surface area contributed by atoms with Gasteiger partial charge in [-0.2, -0.15) is 0 Å². The highest BCUT2D eigenvalue weighted by atomic mass is 35.5. The van der Waals surface area contributed by atoms with Gasteiger partial charge in [-0.1, -0.05) is 19.3 Å². The highest BCUT2D eigenvalue weighted by Gasteiger charge is 2.36. The number of carbonyl (C=O) groups is 1. The number of ether oxygens (including phenoxy) is 1. The SMILES string of the molecule is Cl.Cl.O=C(CC1CC2CCC(C1)N2)NCC1(CN2CCOCC2)CCCCC1. The first-order valence-electron chi connectivity index (χ1n) is 11.0. The lowest BCUT2D eigenvalue weighted by atomic mass is 9.73. The van der Waals surface area contributed by atoms with Crippen molar-refractivity contribution < 1.29 is 9.53 Å². The summed E-state index contributed by atoms with van der Waals surface area (Å²) >= 11 is 0. The lowest BCUT2D eigenvalue weighted by Crippen LogP contribution is -2.49. The van der Waals surface area contributed by atoms with Gasteiger partial charge in [0.2, 0.25) is 5.91 Å². The standard InChI is InChI=1S/C21H37N3O2.2ClH/c25-20(14-17-12-18-4-5-19(13-17)23-18)22-15-21(6-2-1-3-7-21)16-24-8-10-26-11-9-24;;/h17-19,23H,1-16H2,(H,22,25);2*1H. The Morgan fingerprint density at radius 3 is 2.32 bits per heavy atom. The van der Waals surface area contributed by atoms with Crippen LogP contribution in [0.5, 0.6) is 0 Å². The van der Waals surface area contributed by atoms with E-state index in [-0.39, 0.29) is 24.8 Å². The van der Waals surface area contributed by atoms with E-state index in [2.05, 4.69) is 15.5 Å². The largest absolute Gasteiger partial charge is 0.379 e. The van der Waals surface area contributed by atoms with E-state index in [0.717, 1.165) is 45.8 Å². The van der Waals surface area contributed by atoms with Gasteiger partial charge in [-0.3, -0.25) is 9.69 Å². The third-order valence-electron chi connectivity index (χ3n) is 7.28. The molecule has 1 saturated carbocycles. The minimum atomic E-state index is 0. The van der Waals surface area contributed by atoms with Crippen LogP contribution in [0.2, 0.25) is 0 Å². The van der Waals surface area contributed by atoms with Crippen molar-refractivity contribution in [1.29, 1.82) is 0 Å². The summed E-state index contributed by atoms with van der Waals surface area (Å²) in [5.41, 5.74) is 0.290. The molecule has 2 unspecified atom stereocenters. The maximum absolute atomic E-state index is 12.7. The Morgan fingerprint density at radius 2 is 1.68 bits per heavy atom. The molecule has 0 radical (unpaired) electrons. The van der Waals surface area contributed by atoms with Gasteiger partial charge in [0.25, 0.3) is 0 Å². The lowest BCUT2D eigenvalue weighted by Gasteiger charge is -2.42. The molecule has 28 heavy (non-hydrogen) atoms. The number of piperidine rings is 1. The Kier molecular flexibility index (Phi) is 9.82. The maximum atomic E-state index is 12.7. The zero-order valence-electron chi connectivity index (χ0n) is 17.1. The normalized spacial score (nSPS) is 32.1. The van der Waals surface area contributed by atoms with Crippen LogP contribution in [-0.2, 0) is 9.53 Å². The van der Waals surface area contributed by atoms with Crippen molar-refractivity contribution in [2.45, 2.75) is 76.3 Å². The number of amides is 1. The molecule has 0 aromatic carbocycles. The van der Waals surface area contributed by atoms with Crippen LogP contribution in [-0.4, -0.2) is 62.3 Å². The van der Waals surface area contributed by atoms with Gasteiger partial charge in [-0.25, -0.2) is 0 Å².